The third kappa shape index (κ3) is 3.74. The minimum absolute atomic E-state index is 0.631. The van der Waals surface area contributed by atoms with Crippen LogP contribution in [0.4, 0.5) is 0 Å². The Balaban J connectivity index is 2.42. The Labute approximate surface area is 145 Å². The van der Waals surface area contributed by atoms with Crippen molar-refractivity contribution in [1.82, 2.24) is 0 Å². The monoisotopic (exact) mass is 512 g/mol. The minimum atomic E-state index is 0.631. The van der Waals surface area contributed by atoms with Crippen LogP contribution in [0, 0.1) is 0 Å². The van der Waals surface area contributed by atoms with E-state index in [2.05, 4.69) is 63.7 Å². The molecule has 19 heavy (non-hydrogen) atoms. The first-order valence-electron chi connectivity index (χ1n) is 5.17. The first kappa shape index (κ1) is 15.4. The summed E-state index contributed by atoms with van der Waals surface area (Å²) in [6.07, 6.45) is 0. The number of rotatable bonds is 3. The number of hydrogen-bond donors (Lipinski definition) is 0. The van der Waals surface area contributed by atoms with Crippen molar-refractivity contribution >= 4 is 63.7 Å². The van der Waals surface area contributed by atoms with Crippen LogP contribution >= 0.6 is 63.7 Å². The second kappa shape index (κ2) is 6.61. The standard InChI is InChI=1S/C13H8Br4O2/c1-18-13-10(17)5-8(15)6-12(13)19-11-3-2-7(14)4-9(11)16/h2-6H,1H3. The van der Waals surface area contributed by atoms with Gasteiger partial charge >= 0.3 is 0 Å². The van der Waals surface area contributed by atoms with E-state index in [9.17, 15) is 0 Å². The van der Waals surface area contributed by atoms with Gasteiger partial charge in [0.05, 0.1) is 16.1 Å². The van der Waals surface area contributed by atoms with Gasteiger partial charge in [0.2, 0.25) is 0 Å². The molecule has 0 amide bonds. The fraction of sp³-hybridized carbons (Fsp3) is 0.0769. The molecule has 2 nitrogen and oxygen atoms in total. The summed E-state index contributed by atoms with van der Waals surface area (Å²) < 4.78 is 14.8. The molecule has 0 fully saturated rings. The summed E-state index contributed by atoms with van der Waals surface area (Å²) in [4.78, 5) is 0. The summed E-state index contributed by atoms with van der Waals surface area (Å²) in [7, 11) is 1.61. The summed E-state index contributed by atoms with van der Waals surface area (Å²) in [5.41, 5.74) is 0. The normalized spacial score (nSPS) is 10.4. The predicted octanol–water partition coefficient (Wildman–Crippen LogP) is 6.54. The highest BCUT2D eigenvalue weighted by atomic mass is 79.9. The van der Waals surface area contributed by atoms with Crippen molar-refractivity contribution in [2.75, 3.05) is 7.11 Å². The summed E-state index contributed by atoms with van der Waals surface area (Å²) in [5, 5.41) is 0. The van der Waals surface area contributed by atoms with E-state index in [0.717, 1.165) is 17.9 Å². The average Bonchev–Trinajstić information content (AvgIpc) is 2.32. The van der Waals surface area contributed by atoms with Crippen molar-refractivity contribution in [3.63, 3.8) is 0 Å². The largest absolute Gasteiger partial charge is 0.492 e. The molecule has 0 heterocycles. The summed E-state index contributed by atoms with van der Waals surface area (Å²) in [5.74, 6) is 2.00. The van der Waals surface area contributed by atoms with Crippen molar-refractivity contribution in [3.05, 3.63) is 48.2 Å². The molecule has 0 unspecified atom stereocenters. The van der Waals surface area contributed by atoms with Crippen LogP contribution in [0.15, 0.2) is 48.2 Å². The molecular weight excluding hydrogens is 508 g/mol. The summed E-state index contributed by atoms with van der Waals surface area (Å²) in [6, 6.07) is 9.48. The van der Waals surface area contributed by atoms with E-state index in [1.807, 2.05) is 30.3 Å². The smallest absolute Gasteiger partial charge is 0.175 e. The van der Waals surface area contributed by atoms with Crippen LogP contribution < -0.4 is 9.47 Å². The number of benzene rings is 2. The lowest BCUT2D eigenvalue weighted by molar-refractivity contribution is 0.375. The third-order valence-corrected chi connectivity index (χ3v) is 4.45. The van der Waals surface area contributed by atoms with Crippen molar-refractivity contribution < 1.29 is 9.47 Å². The van der Waals surface area contributed by atoms with E-state index in [-0.39, 0.29) is 0 Å². The van der Waals surface area contributed by atoms with E-state index >= 15 is 0 Å². The van der Waals surface area contributed by atoms with Crippen LogP contribution in [0.2, 0.25) is 0 Å². The van der Waals surface area contributed by atoms with Crippen molar-refractivity contribution in [2.24, 2.45) is 0 Å². The first-order valence-corrected chi connectivity index (χ1v) is 8.34. The fourth-order valence-corrected chi connectivity index (χ4v) is 3.96. The predicted molar refractivity (Wildman–Crippen MR) is 90.3 cm³/mol. The van der Waals surface area contributed by atoms with Gasteiger partial charge in [0.15, 0.2) is 11.5 Å². The van der Waals surface area contributed by atoms with E-state index in [4.69, 9.17) is 9.47 Å². The first-order chi connectivity index (χ1) is 9.01. The Hall–Kier alpha value is -0.0400. The highest BCUT2D eigenvalue weighted by Crippen LogP contribution is 2.42. The molecule has 0 atom stereocenters. The Bertz CT molecular complexity index is 614. The molecule has 100 valence electrons. The number of ether oxygens (including phenoxy) is 2. The molecule has 2 aromatic carbocycles. The molecule has 0 bridgehead atoms. The van der Waals surface area contributed by atoms with Crippen LogP contribution in [0.3, 0.4) is 0 Å². The molecule has 0 spiro atoms. The highest BCUT2D eigenvalue weighted by Gasteiger charge is 2.13. The molecule has 2 aromatic rings. The second-order valence-electron chi connectivity index (χ2n) is 3.60. The average molecular weight is 516 g/mol. The van der Waals surface area contributed by atoms with E-state index in [1.165, 1.54) is 0 Å². The molecule has 0 N–H and O–H groups in total. The molecular formula is C13H8Br4O2. The van der Waals surface area contributed by atoms with Gasteiger partial charge in [0.1, 0.15) is 5.75 Å². The molecule has 0 aromatic heterocycles. The van der Waals surface area contributed by atoms with Gasteiger partial charge < -0.3 is 9.47 Å². The lowest BCUT2D eigenvalue weighted by Crippen LogP contribution is -1.92. The zero-order chi connectivity index (χ0) is 14.0. The molecule has 0 saturated heterocycles. The molecule has 0 aliphatic heterocycles. The van der Waals surface area contributed by atoms with E-state index in [1.54, 1.807) is 7.11 Å². The van der Waals surface area contributed by atoms with Gasteiger partial charge in [-0.05, 0) is 62.2 Å². The van der Waals surface area contributed by atoms with Crippen LogP contribution in [0.25, 0.3) is 0 Å². The Morgan fingerprint density at radius 1 is 0.789 bits per heavy atom. The molecule has 0 saturated carbocycles. The molecule has 0 aliphatic rings. The summed E-state index contributed by atoms with van der Waals surface area (Å²) in [6.45, 7) is 0. The Kier molecular flexibility index (Phi) is 5.34. The third-order valence-electron chi connectivity index (χ3n) is 2.29. The number of hydrogen-bond acceptors (Lipinski definition) is 2. The van der Waals surface area contributed by atoms with E-state index in [0.29, 0.717) is 17.2 Å². The maximum Gasteiger partial charge on any atom is 0.175 e. The topological polar surface area (TPSA) is 18.5 Å². The van der Waals surface area contributed by atoms with Gasteiger partial charge in [0.25, 0.3) is 0 Å². The zero-order valence-corrected chi connectivity index (χ0v) is 16.1. The molecule has 0 radical (unpaired) electrons. The zero-order valence-electron chi connectivity index (χ0n) is 9.72. The van der Waals surface area contributed by atoms with Crippen molar-refractivity contribution in [2.45, 2.75) is 0 Å². The van der Waals surface area contributed by atoms with Crippen molar-refractivity contribution in [3.8, 4) is 17.2 Å². The van der Waals surface area contributed by atoms with Gasteiger partial charge in [0, 0.05) is 8.95 Å². The van der Waals surface area contributed by atoms with Crippen molar-refractivity contribution in [1.29, 1.82) is 0 Å². The van der Waals surface area contributed by atoms with Gasteiger partial charge in [-0.2, -0.15) is 0 Å². The SMILES string of the molecule is COc1c(Br)cc(Br)cc1Oc1ccc(Br)cc1Br. The van der Waals surface area contributed by atoms with Crippen LogP contribution in [-0.4, -0.2) is 7.11 Å². The lowest BCUT2D eigenvalue weighted by atomic mass is 10.3. The van der Waals surface area contributed by atoms with Gasteiger partial charge in [-0.3, -0.25) is 0 Å². The summed E-state index contributed by atoms with van der Waals surface area (Å²) >= 11 is 13.8. The Morgan fingerprint density at radius 2 is 1.47 bits per heavy atom. The van der Waals surface area contributed by atoms with Gasteiger partial charge in [-0.25, -0.2) is 0 Å². The minimum Gasteiger partial charge on any atom is -0.492 e. The quantitative estimate of drug-likeness (QED) is 0.462. The second-order valence-corrected chi connectivity index (χ2v) is 7.14. The molecule has 2 rings (SSSR count). The fourth-order valence-electron chi connectivity index (χ4n) is 1.49. The van der Waals surface area contributed by atoms with Gasteiger partial charge in [-0.1, -0.05) is 31.9 Å². The Morgan fingerprint density at radius 3 is 2.11 bits per heavy atom. The number of halogens is 4. The van der Waals surface area contributed by atoms with E-state index < -0.39 is 0 Å². The maximum absolute atomic E-state index is 5.90. The molecule has 6 heteroatoms. The highest BCUT2D eigenvalue weighted by molar-refractivity contribution is 9.11. The molecule has 0 aliphatic carbocycles. The van der Waals surface area contributed by atoms with Gasteiger partial charge in [-0.15, -0.1) is 0 Å². The number of methoxy groups -OCH3 is 1. The van der Waals surface area contributed by atoms with Crippen LogP contribution in [0.5, 0.6) is 17.2 Å². The van der Waals surface area contributed by atoms with Crippen LogP contribution in [0.1, 0.15) is 0 Å². The van der Waals surface area contributed by atoms with Crippen LogP contribution in [-0.2, 0) is 0 Å². The maximum atomic E-state index is 5.90. The lowest BCUT2D eigenvalue weighted by Gasteiger charge is -2.13.